The SMILES string of the molecule is NNC12CC(c3cc(Cl)c(F)c(Cl)c3)(C1)C2. The smallest absolute Gasteiger partial charge is 0.160 e. The molecule has 3 fully saturated rings. The zero-order valence-electron chi connectivity index (χ0n) is 8.49. The van der Waals surface area contributed by atoms with Crippen LogP contribution in [0.15, 0.2) is 12.1 Å². The van der Waals surface area contributed by atoms with E-state index in [1.165, 1.54) is 0 Å². The number of nitrogens with one attached hydrogen (secondary N) is 1. The lowest BCUT2D eigenvalue weighted by atomic mass is 9.38. The van der Waals surface area contributed by atoms with Crippen LogP contribution in [0.5, 0.6) is 0 Å². The van der Waals surface area contributed by atoms with Crippen LogP contribution in [0.3, 0.4) is 0 Å². The summed E-state index contributed by atoms with van der Waals surface area (Å²) in [5.41, 5.74) is 4.09. The summed E-state index contributed by atoms with van der Waals surface area (Å²) >= 11 is 11.6. The molecule has 0 aliphatic heterocycles. The Kier molecular flexibility index (Phi) is 2.09. The highest BCUT2D eigenvalue weighted by molar-refractivity contribution is 6.35. The zero-order valence-corrected chi connectivity index (χ0v) is 10.00. The van der Waals surface area contributed by atoms with E-state index in [0.29, 0.717) is 0 Å². The van der Waals surface area contributed by atoms with E-state index in [2.05, 4.69) is 5.43 Å². The minimum atomic E-state index is -0.537. The molecule has 0 saturated heterocycles. The van der Waals surface area contributed by atoms with Crippen LogP contribution in [0.25, 0.3) is 0 Å². The van der Waals surface area contributed by atoms with Gasteiger partial charge in [-0.05, 0) is 37.0 Å². The molecule has 5 heteroatoms. The van der Waals surface area contributed by atoms with Gasteiger partial charge in [0.15, 0.2) is 5.82 Å². The lowest BCUT2D eigenvalue weighted by molar-refractivity contribution is -0.0882. The van der Waals surface area contributed by atoms with E-state index >= 15 is 0 Å². The zero-order chi connectivity index (χ0) is 11.6. The molecule has 3 aliphatic carbocycles. The van der Waals surface area contributed by atoms with Gasteiger partial charge in [-0.15, -0.1) is 0 Å². The summed E-state index contributed by atoms with van der Waals surface area (Å²) in [4.78, 5) is 0. The van der Waals surface area contributed by atoms with Gasteiger partial charge < -0.3 is 0 Å². The minimum Gasteiger partial charge on any atom is -0.271 e. The van der Waals surface area contributed by atoms with Crippen molar-refractivity contribution in [1.29, 1.82) is 0 Å². The van der Waals surface area contributed by atoms with E-state index in [9.17, 15) is 4.39 Å². The summed E-state index contributed by atoms with van der Waals surface area (Å²) in [7, 11) is 0. The van der Waals surface area contributed by atoms with Gasteiger partial charge in [0.05, 0.1) is 10.0 Å². The molecule has 86 valence electrons. The van der Waals surface area contributed by atoms with Gasteiger partial charge in [-0.1, -0.05) is 23.2 Å². The van der Waals surface area contributed by atoms with Gasteiger partial charge in [0.2, 0.25) is 0 Å². The first-order chi connectivity index (χ1) is 7.50. The van der Waals surface area contributed by atoms with Crippen LogP contribution in [0.2, 0.25) is 10.0 Å². The number of benzene rings is 1. The number of nitrogens with two attached hydrogens (primary N) is 1. The normalized spacial score (nSPS) is 35.5. The molecule has 3 N–H and O–H groups in total. The maximum atomic E-state index is 13.3. The highest BCUT2D eigenvalue weighted by Crippen LogP contribution is 2.67. The molecule has 1 aromatic rings. The van der Waals surface area contributed by atoms with E-state index in [0.717, 1.165) is 24.8 Å². The topological polar surface area (TPSA) is 38.0 Å². The molecule has 0 aromatic heterocycles. The van der Waals surface area contributed by atoms with Gasteiger partial charge in [-0.25, -0.2) is 4.39 Å². The maximum absolute atomic E-state index is 13.3. The first kappa shape index (κ1) is 10.8. The predicted octanol–water partition coefficient (Wildman–Crippen LogP) is 2.77. The van der Waals surface area contributed by atoms with Crippen molar-refractivity contribution in [2.45, 2.75) is 30.2 Å². The molecular weight excluding hydrogens is 250 g/mol. The third-order valence-corrected chi connectivity index (χ3v) is 4.48. The molecule has 0 amide bonds. The minimum absolute atomic E-state index is 0.0991. The fourth-order valence-corrected chi connectivity index (χ4v) is 3.60. The van der Waals surface area contributed by atoms with Crippen LogP contribution in [0, 0.1) is 5.82 Å². The second-order valence-electron chi connectivity index (χ2n) is 4.99. The Labute approximate surface area is 103 Å². The second-order valence-corrected chi connectivity index (χ2v) is 5.80. The van der Waals surface area contributed by atoms with Crippen molar-refractivity contribution in [3.8, 4) is 0 Å². The summed E-state index contributed by atoms with van der Waals surface area (Å²) in [5.74, 6) is 4.93. The van der Waals surface area contributed by atoms with Crippen LogP contribution < -0.4 is 11.3 Å². The van der Waals surface area contributed by atoms with Gasteiger partial charge in [0, 0.05) is 11.0 Å². The average Bonchev–Trinajstić information content (AvgIpc) is 2.10. The van der Waals surface area contributed by atoms with Gasteiger partial charge >= 0.3 is 0 Å². The number of rotatable bonds is 2. The molecule has 1 aromatic carbocycles. The third-order valence-electron chi connectivity index (χ3n) is 3.93. The largest absolute Gasteiger partial charge is 0.271 e. The highest BCUT2D eigenvalue weighted by Gasteiger charge is 2.68. The van der Waals surface area contributed by atoms with E-state index in [1.54, 1.807) is 12.1 Å². The average molecular weight is 261 g/mol. The fourth-order valence-electron chi connectivity index (χ4n) is 3.11. The van der Waals surface area contributed by atoms with Crippen molar-refractivity contribution >= 4 is 23.2 Å². The van der Waals surface area contributed by atoms with Crippen molar-refractivity contribution in [2.75, 3.05) is 0 Å². The number of hydrogen-bond donors (Lipinski definition) is 2. The van der Waals surface area contributed by atoms with Gasteiger partial charge in [-0.3, -0.25) is 11.3 Å². The Bertz CT molecular complexity index is 432. The standard InChI is InChI=1S/C11H11Cl2FN2/c12-7-1-6(2-8(13)9(7)14)10-3-11(4-10,5-10)16-15/h1-2,16H,3-5,15H2. The molecule has 0 heterocycles. The lowest BCUT2D eigenvalue weighted by Gasteiger charge is -2.70. The Hall–Kier alpha value is -0.350. The molecule has 0 unspecified atom stereocenters. The monoisotopic (exact) mass is 260 g/mol. The van der Waals surface area contributed by atoms with Gasteiger partial charge in [0.1, 0.15) is 0 Å². The summed E-state index contributed by atoms with van der Waals surface area (Å²) in [6.45, 7) is 0. The van der Waals surface area contributed by atoms with E-state index in [4.69, 9.17) is 29.0 Å². The third kappa shape index (κ3) is 1.20. The van der Waals surface area contributed by atoms with E-state index in [1.807, 2.05) is 0 Å². The van der Waals surface area contributed by atoms with E-state index in [-0.39, 0.29) is 21.0 Å². The molecule has 3 aliphatic rings. The first-order valence-electron chi connectivity index (χ1n) is 5.13. The van der Waals surface area contributed by atoms with Crippen LogP contribution in [0.1, 0.15) is 24.8 Å². The Morgan fingerprint density at radius 1 is 1.19 bits per heavy atom. The molecule has 2 nitrogen and oxygen atoms in total. The van der Waals surface area contributed by atoms with Crippen molar-refractivity contribution < 1.29 is 4.39 Å². The second kappa shape index (κ2) is 3.10. The molecular formula is C11H11Cl2FN2. The lowest BCUT2D eigenvalue weighted by Crippen LogP contribution is -2.77. The van der Waals surface area contributed by atoms with Crippen LogP contribution in [-0.2, 0) is 5.41 Å². The van der Waals surface area contributed by atoms with Gasteiger partial charge in [-0.2, -0.15) is 0 Å². The quantitative estimate of drug-likeness (QED) is 0.488. The summed E-state index contributed by atoms with van der Waals surface area (Å²) in [6, 6.07) is 3.37. The summed E-state index contributed by atoms with van der Waals surface area (Å²) < 4.78 is 13.3. The fraction of sp³-hybridized carbons (Fsp3) is 0.455. The molecule has 16 heavy (non-hydrogen) atoms. The Balaban J connectivity index is 1.93. The van der Waals surface area contributed by atoms with Gasteiger partial charge in [0.25, 0.3) is 0 Å². The highest BCUT2D eigenvalue weighted by atomic mass is 35.5. The predicted molar refractivity (Wildman–Crippen MR) is 62.0 cm³/mol. The Morgan fingerprint density at radius 2 is 1.69 bits per heavy atom. The molecule has 4 rings (SSSR count). The number of hydrazine groups is 1. The van der Waals surface area contributed by atoms with Crippen molar-refractivity contribution in [3.63, 3.8) is 0 Å². The molecule has 3 saturated carbocycles. The van der Waals surface area contributed by atoms with Crippen molar-refractivity contribution in [3.05, 3.63) is 33.6 Å². The number of halogens is 3. The molecule has 2 bridgehead atoms. The van der Waals surface area contributed by atoms with E-state index < -0.39 is 5.82 Å². The first-order valence-corrected chi connectivity index (χ1v) is 5.89. The molecule has 0 spiro atoms. The van der Waals surface area contributed by atoms with Crippen molar-refractivity contribution in [2.24, 2.45) is 5.84 Å². The maximum Gasteiger partial charge on any atom is 0.160 e. The number of hydrogen-bond acceptors (Lipinski definition) is 2. The van der Waals surface area contributed by atoms with Crippen LogP contribution in [-0.4, -0.2) is 5.54 Å². The van der Waals surface area contributed by atoms with Crippen molar-refractivity contribution in [1.82, 2.24) is 5.43 Å². The molecule has 0 atom stereocenters. The summed E-state index contributed by atoms with van der Waals surface area (Å²) in [6.07, 6.45) is 2.94. The Morgan fingerprint density at radius 3 is 2.12 bits per heavy atom. The summed E-state index contributed by atoms with van der Waals surface area (Å²) in [5, 5.41) is 0.198. The van der Waals surface area contributed by atoms with Crippen LogP contribution >= 0.6 is 23.2 Å². The molecule has 0 radical (unpaired) electrons. The van der Waals surface area contributed by atoms with Crippen LogP contribution in [0.4, 0.5) is 4.39 Å².